The average molecular weight is 318 g/mol. The van der Waals surface area contributed by atoms with Crippen molar-refractivity contribution in [3.8, 4) is 5.75 Å². The highest BCUT2D eigenvalue weighted by Crippen LogP contribution is 2.30. The van der Waals surface area contributed by atoms with Gasteiger partial charge < -0.3 is 9.84 Å². The van der Waals surface area contributed by atoms with Crippen LogP contribution in [0.15, 0.2) is 23.1 Å². The summed E-state index contributed by atoms with van der Waals surface area (Å²) in [6, 6.07) is 3.46. The lowest BCUT2D eigenvalue weighted by Crippen LogP contribution is -2.34. The molecule has 1 aromatic rings. The molecule has 1 aromatic carbocycles. The van der Waals surface area contributed by atoms with Gasteiger partial charge in [-0.05, 0) is 18.6 Å². The molecule has 1 rings (SSSR count). The maximum atomic E-state index is 12.4. The van der Waals surface area contributed by atoms with Crippen LogP contribution in [0, 0.1) is 10.1 Å². The van der Waals surface area contributed by atoms with Crippen LogP contribution in [0.25, 0.3) is 0 Å². The molecule has 0 unspecified atom stereocenters. The molecule has 0 radical (unpaired) electrons. The lowest BCUT2D eigenvalue weighted by Gasteiger charge is -2.20. The molecule has 0 aliphatic heterocycles. The molecule has 0 aromatic heterocycles. The maximum absolute atomic E-state index is 12.4. The zero-order valence-corrected chi connectivity index (χ0v) is 12.7. The predicted molar refractivity (Wildman–Crippen MR) is 75.8 cm³/mol. The van der Waals surface area contributed by atoms with Gasteiger partial charge in [0, 0.05) is 19.2 Å². The van der Waals surface area contributed by atoms with E-state index in [2.05, 4.69) is 0 Å². The van der Waals surface area contributed by atoms with Crippen LogP contribution >= 0.6 is 0 Å². The number of nitro benzene ring substituents is 1. The first-order chi connectivity index (χ1) is 9.88. The lowest BCUT2D eigenvalue weighted by atomic mass is 10.3. The molecule has 0 heterocycles. The Labute approximate surface area is 123 Å². The average Bonchev–Trinajstić information content (AvgIpc) is 2.46. The Balaban J connectivity index is 3.30. The minimum atomic E-state index is -3.89. The summed E-state index contributed by atoms with van der Waals surface area (Å²) in [5.74, 6) is -0.0110. The minimum Gasteiger partial charge on any atom is -0.490 e. The summed E-state index contributed by atoms with van der Waals surface area (Å²) >= 11 is 0. The van der Waals surface area contributed by atoms with Crippen molar-refractivity contribution >= 4 is 15.7 Å². The zero-order chi connectivity index (χ0) is 16.0. The predicted octanol–water partition coefficient (Wildman–Crippen LogP) is 0.996. The van der Waals surface area contributed by atoms with Crippen LogP contribution in [0.2, 0.25) is 0 Å². The van der Waals surface area contributed by atoms with Crippen LogP contribution < -0.4 is 4.74 Å². The van der Waals surface area contributed by atoms with Gasteiger partial charge in [-0.25, -0.2) is 8.42 Å². The number of nitrogens with zero attached hydrogens (tertiary/aromatic N) is 2. The summed E-state index contributed by atoms with van der Waals surface area (Å²) in [5, 5.41) is 19.9. The van der Waals surface area contributed by atoms with Crippen molar-refractivity contribution in [3.63, 3.8) is 0 Å². The smallest absolute Gasteiger partial charge is 0.312 e. The molecule has 118 valence electrons. The second-order valence-corrected chi connectivity index (χ2v) is 6.16. The normalized spacial score (nSPS) is 11.6. The van der Waals surface area contributed by atoms with Gasteiger partial charge in [0.2, 0.25) is 10.0 Å². The number of sulfonamides is 1. The monoisotopic (exact) mass is 318 g/mol. The van der Waals surface area contributed by atoms with Gasteiger partial charge in [-0.15, -0.1) is 0 Å². The Kier molecular flexibility index (Phi) is 6.06. The molecule has 1 N–H and O–H groups in total. The Morgan fingerprint density at radius 2 is 2.05 bits per heavy atom. The van der Waals surface area contributed by atoms with Crippen molar-refractivity contribution in [3.05, 3.63) is 28.3 Å². The van der Waals surface area contributed by atoms with Gasteiger partial charge in [-0.3, -0.25) is 10.1 Å². The van der Waals surface area contributed by atoms with Crippen molar-refractivity contribution in [2.75, 3.05) is 26.8 Å². The zero-order valence-electron chi connectivity index (χ0n) is 11.9. The van der Waals surface area contributed by atoms with E-state index in [1.54, 1.807) is 6.92 Å². The Morgan fingerprint density at radius 3 is 2.52 bits per heavy atom. The van der Waals surface area contributed by atoms with E-state index < -0.39 is 20.6 Å². The van der Waals surface area contributed by atoms with Crippen LogP contribution in [0.1, 0.15) is 13.3 Å². The fourth-order valence-corrected chi connectivity index (χ4v) is 3.38. The fraction of sp³-hybridized carbons (Fsp3) is 0.500. The van der Waals surface area contributed by atoms with E-state index in [1.807, 2.05) is 0 Å². The highest BCUT2D eigenvalue weighted by atomic mass is 32.2. The molecule has 0 fully saturated rings. The number of aliphatic hydroxyl groups is 1. The maximum Gasteiger partial charge on any atom is 0.312 e. The van der Waals surface area contributed by atoms with Crippen molar-refractivity contribution < 1.29 is 23.2 Å². The van der Waals surface area contributed by atoms with Crippen molar-refractivity contribution in [2.24, 2.45) is 0 Å². The first-order valence-electron chi connectivity index (χ1n) is 6.31. The summed E-state index contributed by atoms with van der Waals surface area (Å²) in [5.41, 5.74) is -0.418. The van der Waals surface area contributed by atoms with Gasteiger partial charge in [-0.2, -0.15) is 4.31 Å². The van der Waals surface area contributed by atoms with Crippen LogP contribution in [0.5, 0.6) is 5.75 Å². The quantitative estimate of drug-likeness (QED) is 0.565. The summed E-state index contributed by atoms with van der Waals surface area (Å²) in [6.45, 7) is 1.65. The number of hydrogen-bond donors (Lipinski definition) is 1. The molecule has 0 bridgehead atoms. The highest BCUT2D eigenvalue weighted by molar-refractivity contribution is 7.89. The van der Waals surface area contributed by atoms with Crippen LogP contribution in [0.4, 0.5) is 5.69 Å². The molecule has 0 aliphatic carbocycles. The molecule has 0 saturated heterocycles. The van der Waals surface area contributed by atoms with Gasteiger partial charge in [0.15, 0.2) is 5.75 Å². The van der Waals surface area contributed by atoms with Crippen LogP contribution in [-0.4, -0.2) is 49.6 Å². The summed E-state index contributed by atoms with van der Waals surface area (Å²) in [4.78, 5) is 10.1. The molecule has 0 amide bonds. The van der Waals surface area contributed by atoms with E-state index in [4.69, 9.17) is 9.84 Å². The van der Waals surface area contributed by atoms with E-state index in [0.717, 1.165) is 10.4 Å². The van der Waals surface area contributed by atoms with E-state index in [1.165, 1.54) is 19.2 Å². The standard InChI is InChI=1S/C12H18N2O6S/c1-3-6-13(7-8-15)21(18,19)10-4-5-12(20-2)11(9-10)14(16)17/h4-5,9,15H,3,6-8H2,1-2H3. The Morgan fingerprint density at radius 1 is 1.38 bits per heavy atom. The summed E-state index contributed by atoms with van der Waals surface area (Å²) in [7, 11) is -2.62. The molecular formula is C12H18N2O6S. The Bertz CT molecular complexity index is 596. The number of methoxy groups -OCH3 is 1. The number of benzene rings is 1. The molecule has 0 atom stereocenters. The SMILES string of the molecule is CCCN(CCO)S(=O)(=O)c1ccc(OC)c([N+](=O)[O-])c1. The van der Waals surface area contributed by atoms with Gasteiger partial charge in [0.1, 0.15) is 0 Å². The third-order valence-electron chi connectivity index (χ3n) is 2.81. The summed E-state index contributed by atoms with van der Waals surface area (Å²) in [6.07, 6.45) is 0.567. The highest BCUT2D eigenvalue weighted by Gasteiger charge is 2.27. The Hall–Kier alpha value is -1.71. The number of aliphatic hydroxyl groups excluding tert-OH is 1. The topological polar surface area (TPSA) is 110 Å². The fourth-order valence-electron chi connectivity index (χ4n) is 1.84. The first-order valence-corrected chi connectivity index (χ1v) is 7.76. The van der Waals surface area contributed by atoms with Crippen molar-refractivity contribution in [1.82, 2.24) is 4.31 Å². The van der Waals surface area contributed by atoms with Gasteiger partial charge in [0.05, 0.1) is 23.5 Å². The van der Waals surface area contributed by atoms with Crippen LogP contribution in [-0.2, 0) is 10.0 Å². The van der Waals surface area contributed by atoms with Gasteiger partial charge in [-0.1, -0.05) is 6.92 Å². The van der Waals surface area contributed by atoms with Crippen molar-refractivity contribution in [2.45, 2.75) is 18.2 Å². The summed E-state index contributed by atoms with van der Waals surface area (Å²) < 4.78 is 30.8. The third kappa shape index (κ3) is 3.90. The number of hydrogen-bond acceptors (Lipinski definition) is 6. The van der Waals surface area contributed by atoms with E-state index in [9.17, 15) is 18.5 Å². The number of ether oxygens (including phenoxy) is 1. The van der Waals surface area contributed by atoms with E-state index >= 15 is 0 Å². The first kappa shape index (κ1) is 17.3. The third-order valence-corrected chi connectivity index (χ3v) is 4.70. The largest absolute Gasteiger partial charge is 0.490 e. The van der Waals surface area contributed by atoms with Crippen LogP contribution in [0.3, 0.4) is 0 Å². The second kappa shape index (κ2) is 7.34. The molecular weight excluding hydrogens is 300 g/mol. The molecule has 21 heavy (non-hydrogen) atoms. The molecule has 8 nitrogen and oxygen atoms in total. The molecule has 0 saturated carbocycles. The van der Waals surface area contributed by atoms with E-state index in [0.29, 0.717) is 6.42 Å². The molecule has 9 heteroatoms. The molecule has 0 aliphatic rings. The van der Waals surface area contributed by atoms with Crippen molar-refractivity contribution in [1.29, 1.82) is 0 Å². The van der Waals surface area contributed by atoms with Gasteiger partial charge >= 0.3 is 5.69 Å². The minimum absolute atomic E-state index is 0.0110. The number of rotatable bonds is 8. The van der Waals surface area contributed by atoms with E-state index in [-0.39, 0.29) is 30.3 Å². The lowest BCUT2D eigenvalue weighted by molar-refractivity contribution is -0.386. The van der Waals surface area contributed by atoms with Gasteiger partial charge in [0.25, 0.3) is 0 Å². The number of nitro groups is 1. The second-order valence-electron chi connectivity index (χ2n) is 4.22. The molecule has 0 spiro atoms.